The lowest BCUT2D eigenvalue weighted by Gasteiger charge is -2.04. The first-order valence-electron chi connectivity index (χ1n) is 3.57. The van der Waals surface area contributed by atoms with Crippen LogP contribution in [0.3, 0.4) is 0 Å². The summed E-state index contributed by atoms with van der Waals surface area (Å²) in [6, 6.07) is 1.04. The maximum atomic E-state index is 10.4. The third-order valence-electron chi connectivity index (χ3n) is 1.56. The van der Waals surface area contributed by atoms with Crippen molar-refractivity contribution in [2.24, 2.45) is 5.73 Å². The Morgan fingerprint density at radius 3 is 2.85 bits per heavy atom. The second-order valence-corrected chi connectivity index (χ2v) is 2.98. The molecule has 0 radical (unpaired) electrons. The zero-order valence-electron chi connectivity index (χ0n) is 6.90. The molecule has 0 aliphatic carbocycles. The molecule has 6 heteroatoms. The number of rotatable bonds is 2. The third-order valence-corrected chi connectivity index (χ3v) is 1.86. The first-order valence-corrected chi connectivity index (χ1v) is 3.95. The summed E-state index contributed by atoms with van der Waals surface area (Å²) in [6.07, 6.45) is 1.43. The Labute approximate surface area is 79.7 Å². The van der Waals surface area contributed by atoms with E-state index in [9.17, 15) is 10.1 Å². The van der Waals surface area contributed by atoms with Gasteiger partial charge in [-0.15, -0.1) is 0 Å². The summed E-state index contributed by atoms with van der Waals surface area (Å²) >= 11 is 5.50. The predicted molar refractivity (Wildman–Crippen MR) is 48.5 cm³/mol. The quantitative estimate of drug-likeness (QED) is 0.448. The van der Waals surface area contributed by atoms with Crippen molar-refractivity contribution in [3.63, 3.8) is 0 Å². The Balaban J connectivity index is 3.19. The number of nitrogens with two attached hydrogens (primary N) is 1. The van der Waals surface area contributed by atoms with Crippen molar-refractivity contribution in [3.8, 4) is 0 Å². The van der Waals surface area contributed by atoms with Crippen LogP contribution < -0.4 is 5.73 Å². The van der Waals surface area contributed by atoms with E-state index in [2.05, 4.69) is 4.98 Å². The predicted octanol–water partition coefficient (Wildman–Crippen LogP) is 1.66. The number of hydrogen-bond donors (Lipinski definition) is 1. The number of aromatic nitrogens is 1. The van der Waals surface area contributed by atoms with Gasteiger partial charge in [0.05, 0.1) is 4.92 Å². The molecule has 2 N–H and O–H groups in total. The van der Waals surface area contributed by atoms with E-state index >= 15 is 0 Å². The Kier molecular flexibility index (Phi) is 2.79. The molecule has 1 aromatic rings. The average molecular weight is 202 g/mol. The van der Waals surface area contributed by atoms with Crippen LogP contribution in [-0.4, -0.2) is 9.91 Å². The minimum Gasteiger partial charge on any atom is -0.324 e. The zero-order chi connectivity index (χ0) is 10.0. The van der Waals surface area contributed by atoms with Gasteiger partial charge in [-0.05, 0) is 12.5 Å². The lowest BCUT2D eigenvalue weighted by Crippen LogP contribution is -2.06. The fourth-order valence-electron chi connectivity index (χ4n) is 0.829. The molecule has 0 aromatic carbocycles. The third kappa shape index (κ3) is 2.13. The van der Waals surface area contributed by atoms with Crippen LogP contribution in [0.2, 0.25) is 5.15 Å². The Bertz CT molecular complexity index is 341. The van der Waals surface area contributed by atoms with E-state index in [0.717, 1.165) is 0 Å². The molecule has 0 aliphatic rings. The summed E-state index contributed by atoms with van der Waals surface area (Å²) in [5.41, 5.74) is 5.91. The van der Waals surface area contributed by atoms with Gasteiger partial charge < -0.3 is 5.73 Å². The van der Waals surface area contributed by atoms with Crippen molar-refractivity contribution in [3.05, 3.63) is 33.1 Å². The highest BCUT2D eigenvalue weighted by Crippen LogP contribution is 2.24. The standard InChI is InChI=1S/C7H8ClN3O2/c1-4(9)5-2-6(11(12)13)7(8)10-3-5/h2-4H,9H2,1H3/t4-/m1/s1. The summed E-state index contributed by atoms with van der Waals surface area (Å²) in [4.78, 5) is 13.5. The van der Waals surface area contributed by atoms with Gasteiger partial charge in [0, 0.05) is 18.3 Å². The second-order valence-electron chi connectivity index (χ2n) is 2.62. The van der Waals surface area contributed by atoms with Gasteiger partial charge in [-0.1, -0.05) is 11.6 Å². The SMILES string of the molecule is C[C@@H](N)c1cnc(Cl)c([N+](=O)[O-])c1. The molecule has 0 bridgehead atoms. The number of hydrogen-bond acceptors (Lipinski definition) is 4. The normalized spacial score (nSPS) is 12.5. The van der Waals surface area contributed by atoms with Crippen molar-refractivity contribution in [2.45, 2.75) is 13.0 Å². The topological polar surface area (TPSA) is 82.0 Å². The molecule has 0 saturated heterocycles. The fraction of sp³-hybridized carbons (Fsp3) is 0.286. The van der Waals surface area contributed by atoms with Gasteiger partial charge in [0.2, 0.25) is 5.15 Å². The van der Waals surface area contributed by atoms with Crippen LogP contribution in [0.5, 0.6) is 0 Å². The zero-order valence-corrected chi connectivity index (χ0v) is 7.65. The van der Waals surface area contributed by atoms with Gasteiger partial charge in [0.25, 0.3) is 0 Å². The minimum absolute atomic E-state index is 0.116. The summed E-state index contributed by atoms with van der Waals surface area (Å²) in [5, 5.41) is 10.3. The van der Waals surface area contributed by atoms with E-state index < -0.39 is 4.92 Å². The molecule has 0 spiro atoms. The highest BCUT2D eigenvalue weighted by atomic mass is 35.5. The molecular formula is C7H8ClN3O2. The number of nitro groups is 1. The van der Waals surface area contributed by atoms with Crippen LogP contribution in [-0.2, 0) is 0 Å². The molecule has 1 atom stereocenters. The summed E-state index contributed by atoms with van der Waals surface area (Å²) in [6.45, 7) is 1.72. The highest BCUT2D eigenvalue weighted by Gasteiger charge is 2.15. The van der Waals surface area contributed by atoms with Crippen molar-refractivity contribution >= 4 is 17.3 Å². The molecule has 1 rings (SSSR count). The summed E-state index contributed by atoms with van der Waals surface area (Å²) in [7, 11) is 0. The van der Waals surface area contributed by atoms with Gasteiger partial charge in [0.15, 0.2) is 0 Å². The molecule has 70 valence electrons. The van der Waals surface area contributed by atoms with Crippen molar-refractivity contribution in [2.75, 3.05) is 0 Å². The molecule has 13 heavy (non-hydrogen) atoms. The largest absolute Gasteiger partial charge is 0.324 e. The van der Waals surface area contributed by atoms with Crippen LogP contribution in [0.1, 0.15) is 18.5 Å². The average Bonchev–Trinajstić information content (AvgIpc) is 2.04. The number of nitrogens with zero attached hydrogens (tertiary/aromatic N) is 2. The van der Waals surface area contributed by atoms with E-state index in [1.54, 1.807) is 6.92 Å². The van der Waals surface area contributed by atoms with E-state index in [4.69, 9.17) is 17.3 Å². The van der Waals surface area contributed by atoms with Crippen molar-refractivity contribution in [1.29, 1.82) is 0 Å². The Hall–Kier alpha value is -1.20. The summed E-state index contributed by atoms with van der Waals surface area (Å²) < 4.78 is 0. The van der Waals surface area contributed by atoms with E-state index in [1.807, 2.05) is 0 Å². The lowest BCUT2D eigenvalue weighted by molar-refractivity contribution is -0.385. The maximum absolute atomic E-state index is 10.4. The molecule has 1 aromatic heterocycles. The van der Waals surface area contributed by atoms with E-state index in [-0.39, 0.29) is 16.9 Å². The van der Waals surface area contributed by atoms with Gasteiger partial charge in [-0.25, -0.2) is 4.98 Å². The Morgan fingerprint density at radius 2 is 2.38 bits per heavy atom. The first-order chi connectivity index (χ1) is 6.02. The van der Waals surface area contributed by atoms with Crippen molar-refractivity contribution in [1.82, 2.24) is 4.98 Å². The smallest absolute Gasteiger partial charge is 0.306 e. The molecule has 1 heterocycles. The van der Waals surface area contributed by atoms with Crippen LogP contribution in [0, 0.1) is 10.1 Å². The number of pyridine rings is 1. The second kappa shape index (κ2) is 3.68. The van der Waals surface area contributed by atoms with Crippen LogP contribution >= 0.6 is 11.6 Å². The minimum atomic E-state index is -0.582. The van der Waals surface area contributed by atoms with Crippen LogP contribution in [0.15, 0.2) is 12.3 Å². The molecule has 0 aliphatic heterocycles. The van der Waals surface area contributed by atoms with Crippen LogP contribution in [0.25, 0.3) is 0 Å². The van der Waals surface area contributed by atoms with Gasteiger partial charge in [-0.3, -0.25) is 10.1 Å². The molecule has 0 saturated carbocycles. The molecule has 5 nitrogen and oxygen atoms in total. The first kappa shape index (κ1) is 9.88. The maximum Gasteiger partial charge on any atom is 0.306 e. The lowest BCUT2D eigenvalue weighted by atomic mass is 10.1. The van der Waals surface area contributed by atoms with Gasteiger partial charge >= 0.3 is 5.69 Å². The van der Waals surface area contributed by atoms with Crippen LogP contribution in [0.4, 0.5) is 5.69 Å². The monoisotopic (exact) mass is 201 g/mol. The van der Waals surface area contributed by atoms with E-state index in [1.165, 1.54) is 12.3 Å². The van der Waals surface area contributed by atoms with E-state index in [0.29, 0.717) is 5.56 Å². The molecule has 0 unspecified atom stereocenters. The molecule has 0 amide bonds. The fourth-order valence-corrected chi connectivity index (χ4v) is 1.00. The molecular weight excluding hydrogens is 194 g/mol. The Morgan fingerprint density at radius 1 is 1.77 bits per heavy atom. The van der Waals surface area contributed by atoms with Gasteiger partial charge in [-0.2, -0.15) is 0 Å². The van der Waals surface area contributed by atoms with Crippen molar-refractivity contribution < 1.29 is 4.92 Å². The highest BCUT2D eigenvalue weighted by molar-refractivity contribution is 6.31. The van der Waals surface area contributed by atoms with Gasteiger partial charge in [0.1, 0.15) is 0 Å². The number of halogens is 1. The molecule has 0 fully saturated rings. The summed E-state index contributed by atoms with van der Waals surface area (Å²) in [5.74, 6) is 0.